The van der Waals surface area contributed by atoms with Crippen molar-refractivity contribution in [3.63, 3.8) is 0 Å². The Morgan fingerprint density at radius 3 is 2.46 bits per heavy atom. The number of nitrogens with zero attached hydrogens (tertiary/aromatic N) is 1. The fraction of sp³-hybridized carbons (Fsp3) is 0.308. The van der Waals surface area contributed by atoms with Gasteiger partial charge < -0.3 is 36.9 Å². The maximum atomic E-state index is 12.9. The molecule has 1 aromatic heterocycles. The lowest BCUT2D eigenvalue weighted by Gasteiger charge is -2.15. The van der Waals surface area contributed by atoms with Crippen molar-refractivity contribution < 1.29 is 24.2 Å². The van der Waals surface area contributed by atoms with Gasteiger partial charge in [0, 0.05) is 36.0 Å². The highest BCUT2D eigenvalue weighted by Crippen LogP contribution is 2.29. The summed E-state index contributed by atoms with van der Waals surface area (Å²) in [7, 11) is 2.96. The van der Waals surface area contributed by atoms with E-state index in [1.54, 1.807) is 30.3 Å². The molecular weight excluding hydrogens is 476 g/mol. The number of aromatic nitrogens is 1. The number of amides is 2. The largest absolute Gasteiger partial charge is 0.494 e. The van der Waals surface area contributed by atoms with E-state index < -0.39 is 17.9 Å². The molecule has 1 atom stereocenters. The lowest BCUT2D eigenvalue weighted by Crippen LogP contribution is -2.42. The monoisotopic (exact) mass is 510 g/mol. The van der Waals surface area contributed by atoms with Crippen molar-refractivity contribution in [3.05, 3.63) is 59.8 Å². The van der Waals surface area contributed by atoms with Crippen molar-refractivity contribution in [1.82, 2.24) is 10.3 Å². The van der Waals surface area contributed by atoms with E-state index in [2.05, 4.69) is 26.3 Å². The molecule has 0 saturated heterocycles. The molecule has 0 aliphatic carbocycles. The normalized spacial score (nSPS) is 11.4. The van der Waals surface area contributed by atoms with Crippen LogP contribution in [0.15, 0.2) is 53.5 Å². The number of fused-ring (bicyclic) bond motifs is 1. The predicted octanol–water partition coefficient (Wildman–Crippen LogP) is 2.27. The molecular formula is C26H34N6O5. The van der Waals surface area contributed by atoms with E-state index in [9.17, 15) is 19.5 Å². The number of hydrogen-bond acceptors (Lipinski definition) is 6. The maximum Gasteiger partial charge on any atom is 0.326 e. The first-order valence-corrected chi connectivity index (χ1v) is 11.8. The lowest BCUT2D eigenvalue weighted by atomic mass is 10.1. The minimum atomic E-state index is -1.16. The molecule has 0 saturated carbocycles. The van der Waals surface area contributed by atoms with Crippen molar-refractivity contribution in [2.75, 3.05) is 26.0 Å². The van der Waals surface area contributed by atoms with Gasteiger partial charge in [0.1, 0.15) is 11.7 Å². The number of carbonyl (C=O) groups excluding carboxylic acids is 2. The number of ether oxygens (including phenoxy) is 1. The van der Waals surface area contributed by atoms with Gasteiger partial charge in [0.15, 0.2) is 5.75 Å². The van der Waals surface area contributed by atoms with Crippen LogP contribution in [0.3, 0.4) is 0 Å². The van der Waals surface area contributed by atoms with Crippen LogP contribution in [0.25, 0.3) is 10.9 Å². The van der Waals surface area contributed by atoms with Crippen LogP contribution in [0.4, 0.5) is 5.69 Å². The van der Waals surface area contributed by atoms with Gasteiger partial charge in [-0.2, -0.15) is 0 Å². The number of unbranched alkanes of at least 4 members (excludes halogenated alkanes) is 1. The summed E-state index contributed by atoms with van der Waals surface area (Å²) in [6, 6.07) is 13.0. The molecule has 1 heterocycles. The molecule has 0 bridgehead atoms. The molecule has 3 aromatic rings. The van der Waals surface area contributed by atoms with Crippen molar-refractivity contribution in [3.8, 4) is 5.75 Å². The fourth-order valence-corrected chi connectivity index (χ4v) is 3.67. The van der Waals surface area contributed by atoms with Gasteiger partial charge in [0.25, 0.3) is 5.91 Å². The second-order valence-corrected chi connectivity index (χ2v) is 7.90. The number of carbonyl (C=O) groups is 3. The van der Waals surface area contributed by atoms with Crippen LogP contribution >= 0.6 is 0 Å². The average Bonchev–Trinajstić information content (AvgIpc) is 3.29. The highest BCUT2D eigenvalue weighted by molar-refractivity contribution is 6.04. The fourth-order valence-electron chi connectivity index (χ4n) is 3.67. The first kappa shape index (κ1) is 28.9. The van der Waals surface area contributed by atoms with Crippen LogP contribution in [-0.2, 0) is 16.0 Å². The van der Waals surface area contributed by atoms with Crippen LogP contribution in [0, 0.1) is 0 Å². The standard InChI is InChI=1S/C25H29N5O5.CH5N/c1-35-23-18-6-2-3-7-19(18)29-22(23)24(32)30-20(25(33)34)14-16-9-11-17(12-10-16)28-21(31)8-4-5-13-27-15-26;1-2/h2-3,6-7,9-12,15,20,29H,4-5,8,13-14H2,1H3,(H2,26,27)(H,28,31)(H,30,32)(H,33,34);2H2,1H3. The second-order valence-electron chi connectivity index (χ2n) is 7.90. The van der Waals surface area contributed by atoms with Crippen molar-refractivity contribution >= 4 is 40.7 Å². The number of rotatable bonds is 12. The Morgan fingerprint density at radius 1 is 1.11 bits per heavy atom. The van der Waals surface area contributed by atoms with Crippen LogP contribution < -0.4 is 26.8 Å². The van der Waals surface area contributed by atoms with Gasteiger partial charge in [-0.05, 0) is 49.7 Å². The number of aliphatic imine (C=N–C) groups is 1. The Balaban J connectivity index is 0.00000235. The summed E-state index contributed by atoms with van der Waals surface area (Å²) in [4.78, 5) is 43.7. The Labute approximate surface area is 215 Å². The van der Waals surface area contributed by atoms with E-state index in [0.717, 1.165) is 11.8 Å². The van der Waals surface area contributed by atoms with Crippen LogP contribution in [-0.4, -0.2) is 61.0 Å². The zero-order chi connectivity index (χ0) is 27.2. The van der Waals surface area contributed by atoms with Gasteiger partial charge in [-0.25, -0.2) is 4.79 Å². The predicted molar refractivity (Wildman–Crippen MR) is 144 cm³/mol. The molecule has 1 unspecified atom stereocenters. The molecule has 37 heavy (non-hydrogen) atoms. The number of aliphatic carboxylic acids is 1. The van der Waals surface area contributed by atoms with E-state index >= 15 is 0 Å². The average molecular weight is 511 g/mol. The summed E-state index contributed by atoms with van der Waals surface area (Å²) in [6.07, 6.45) is 3.15. The van der Waals surface area contributed by atoms with Crippen molar-refractivity contribution in [2.45, 2.75) is 31.7 Å². The summed E-state index contributed by atoms with van der Waals surface area (Å²) in [5.74, 6) is -1.50. The smallest absolute Gasteiger partial charge is 0.326 e. The topological polar surface area (TPSA) is 185 Å². The third kappa shape index (κ3) is 8.36. The summed E-state index contributed by atoms with van der Waals surface area (Å²) in [5.41, 5.74) is 11.9. The molecule has 0 radical (unpaired) electrons. The molecule has 2 aromatic carbocycles. The molecule has 0 aliphatic rings. The summed E-state index contributed by atoms with van der Waals surface area (Å²) < 4.78 is 5.38. The van der Waals surface area contributed by atoms with Crippen LogP contribution in [0.1, 0.15) is 35.3 Å². The second kappa shape index (κ2) is 14.9. The molecule has 198 valence electrons. The Hall–Kier alpha value is -4.38. The molecule has 0 aliphatic heterocycles. The van der Waals surface area contributed by atoms with E-state index in [1.165, 1.54) is 20.5 Å². The number of benzene rings is 2. The number of anilines is 1. The number of H-pyrrole nitrogens is 1. The zero-order valence-electron chi connectivity index (χ0n) is 21.0. The highest BCUT2D eigenvalue weighted by Gasteiger charge is 2.25. The zero-order valence-corrected chi connectivity index (χ0v) is 21.0. The van der Waals surface area contributed by atoms with E-state index in [4.69, 9.17) is 10.5 Å². The number of aromatic amines is 1. The SMILES string of the molecule is CN.COc1c(C(=O)NC(Cc2ccc(NC(=O)CCCCN=CN)cc2)C(=O)O)[nH]c2ccccc12. The molecule has 11 heteroatoms. The molecule has 0 fully saturated rings. The first-order chi connectivity index (χ1) is 17.9. The van der Waals surface area contributed by atoms with Gasteiger partial charge in [0.2, 0.25) is 5.91 Å². The molecule has 0 spiro atoms. The first-order valence-electron chi connectivity index (χ1n) is 11.8. The van der Waals surface area contributed by atoms with Gasteiger partial charge in [-0.3, -0.25) is 14.6 Å². The molecule has 8 N–H and O–H groups in total. The summed E-state index contributed by atoms with van der Waals surface area (Å²) >= 11 is 0. The van der Waals surface area contributed by atoms with Gasteiger partial charge in [-0.15, -0.1) is 0 Å². The summed E-state index contributed by atoms with van der Waals surface area (Å²) in [6.45, 7) is 0.590. The van der Waals surface area contributed by atoms with Gasteiger partial charge in [-0.1, -0.05) is 24.3 Å². The van der Waals surface area contributed by atoms with Crippen molar-refractivity contribution in [1.29, 1.82) is 0 Å². The molecule has 2 amide bonds. The van der Waals surface area contributed by atoms with E-state index in [0.29, 0.717) is 41.9 Å². The number of carboxylic acids is 1. The number of carboxylic acid groups (broad SMARTS) is 1. The Morgan fingerprint density at radius 2 is 1.81 bits per heavy atom. The van der Waals surface area contributed by atoms with Gasteiger partial charge in [0.05, 0.1) is 13.4 Å². The lowest BCUT2D eigenvalue weighted by molar-refractivity contribution is -0.139. The Kier molecular flexibility index (Phi) is 11.6. The third-order valence-corrected chi connectivity index (χ3v) is 5.42. The number of nitrogens with one attached hydrogen (secondary N) is 3. The Bertz CT molecular complexity index is 1210. The third-order valence-electron chi connectivity index (χ3n) is 5.42. The number of nitrogens with two attached hydrogens (primary N) is 2. The van der Waals surface area contributed by atoms with Gasteiger partial charge >= 0.3 is 5.97 Å². The summed E-state index contributed by atoms with van der Waals surface area (Å²) in [5, 5.41) is 15.8. The number of hydrogen-bond donors (Lipinski definition) is 6. The molecule has 3 rings (SSSR count). The molecule has 11 nitrogen and oxygen atoms in total. The highest BCUT2D eigenvalue weighted by atomic mass is 16.5. The quantitative estimate of drug-likeness (QED) is 0.123. The van der Waals surface area contributed by atoms with Crippen LogP contribution in [0.2, 0.25) is 0 Å². The van der Waals surface area contributed by atoms with Crippen molar-refractivity contribution in [2.24, 2.45) is 16.5 Å². The minimum Gasteiger partial charge on any atom is -0.494 e. The number of para-hydroxylation sites is 1. The number of methoxy groups -OCH3 is 1. The van der Waals surface area contributed by atoms with E-state index in [1.807, 2.05) is 18.2 Å². The maximum absolute atomic E-state index is 12.9. The van der Waals surface area contributed by atoms with E-state index in [-0.39, 0.29) is 18.0 Å². The van der Waals surface area contributed by atoms with Crippen LogP contribution in [0.5, 0.6) is 5.75 Å². The minimum absolute atomic E-state index is 0.0690.